The fourth-order valence-electron chi connectivity index (χ4n) is 2.58. The first-order valence-electron chi connectivity index (χ1n) is 6.31. The van der Waals surface area contributed by atoms with Crippen molar-refractivity contribution in [2.45, 2.75) is 58.3 Å². The molecule has 0 heteroatoms. The minimum absolute atomic E-state index is 0.658. The van der Waals surface area contributed by atoms with E-state index >= 15 is 0 Å². The molecule has 15 heavy (non-hydrogen) atoms. The van der Waals surface area contributed by atoms with Gasteiger partial charge in [0.15, 0.2) is 0 Å². The Morgan fingerprint density at radius 1 is 1.20 bits per heavy atom. The van der Waals surface area contributed by atoms with Crippen molar-refractivity contribution in [3.63, 3.8) is 0 Å². The Bertz CT molecular complexity index is 336. The van der Waals surface area contributed by atoms with Crippen LogP contribution in [0.25, 0.3) is 0 Å². The molecular formula is C15H22. The highest BCUT2D eigenvalue weighted by Gasteiger charge is 2.15. The van der Waals surface area contributed by atoms with E-state index in [1.165, 1.54) is 31.2 Å². The summed E-state index contributed by atoms with van der Waals surface area (Å²) in [4.78, 5) is 0. The number of benzene rings is 1. The molecule has 0 amide bonds. The maximum Gasteiger partial charge on any atom is -0.0188 e. The standard InChI is InChI=1S/C15H22/c1-11(2)14-9-8-13-7-5-4-6-12(3)15(13)10-14/h8-12H,4-7H2,1-3H3. The van der Waals surface area contributed by atoms with Gasteiger partial charge in [0.1, 0.15) is 0 Å². The first-order chi connectivity index (χ1) is 7.18. The summed E-state index contributed by atoms with van der Waals surface area (Å²) in [5.74, 6) is 1.42. The minimum atomic E-state index is 0.658. The van der Waals surface area contributed by atoms with E-state index in [0.29, 0.717) is 5.92 Å². The predicted molar refractivity (Wildman–Crippen MR) is 66.5 cm³/mol. The highest BCUT2D eigenvalue weighted by molar-refractivity contribution is 5.36. The molecule has 0 saturated carbocycles. The van der Waals surface area contributed by atoms with E-state index in [1.54, 1.807) is 11.1 Å². The molecule has 0 nitrogen and oxygen atoms in total. The summed E-state index contributed by atoms with van der Waals surface area (Å²) < 4.78 is 0. The quantitative estimate of drug-likeness (QED) is 0.582. The molecular weight excluding hydrogens is 180 g/mol. The number of hydrogen-bond acceptors (Lipinski definition) is 0. The van der Waals surface area contributed by atoms with Gasteiger partial charge in [-0.25, -0.2) is 0 Å². The Kier molecular flexibility index (Phi) is 3.14. The van der Waals surface area contributed by atoms with Crippen molar-refractivity contribution in [3.05, 3.63) is 34.9 Å². The number of rotatable bonds is 1. The van der Waals surface area contributed by atoms with Crippen LogP contribution >= 0.6 is 0 Å². The van der Waals surface area contributed by atoms with Crippen molar-refractivity contribution in [1.82, 2.24) is 0 Å². The van der Waals surface area contributed by atoms with Crippen LogP contribution in [-0.2, 0) is 6.42 Å². The van der Waals surface area contributed by atoms with Crippen molar-refractivity contribution in [1.29, 1.82) is 0 Å². The summed E-state index contributed by atoms with van der Waals surface area (Å²) in [5, 5.41) is 0. The third-order valence-electron chi connectivity index (χ3n) is 3.70. The highest BCUT2D eigenvalue weighted by Crippen LogP contribution is 2.32. The molecule has 1 aliphatic rings. The minimum Gasteiger partial charge on any atom is -0.0587 e. The number of hydrogen-bond donors (Lipinski definition) is 0. The van der Waals surface area contributed by atoms with E-state index in [9.17, 15) is 0 Å². The maximum atomic E-state index is 2.45. The van der Waals surface area contributed by atoms with E-state index in [4.69, 9.17) is 0 Å². The van der Waals surface area contributed by atoms with Crippen LogP contribution in [0.2, 0.25) is 0 Å². The lowest BCUT2D eigenvalue weighted by atomic mass is 9.90. The normalized spacial score (nSPS) is 21.2. The third kappa shape index (κ3) is 2.25. The number of fused-ring (bicyclic) bond motifs is 1. The molecule has 1 aromatic rings. The first-order valence-corrected chi connectivity index (χ1v) is 6.31. The summed E-state index contributed by atoms with van der Waals surface area (Å²) in [6.45, 7) is 6.94. The zero-order chi connectivity index (χ0) is 10.8. The Morgan fingerprint density at radius 3 is 2.73 bits per heavy atom. The van der Waals surface area contributed by atoms with E-state index < -0.39 is 0 Å². The molecule has 0 N–H and O–H groups in total. The molecule has 0 fully saturated rings. The maximum absolute atomic E-state index is 2.45. The van der Waals surface area contributed by atoms with Crippen LogP contribution in [0.4, 0.5) is 0 Å². The average Bonchev–Trinajstić information content (AvgIpc) is 2.40. The van der Waals surface area contributed by atoms with Crippen LogP contribution in [0.15, 0.2) is 18.2 Å². The summed E-state index contributed by atoms with van der Waals surface area (Å²) in [6, 6.07) is 7.14. The highest BCUT2D eigenvalue weighted by atomic mass is 14.2. The summed E-state index contributed by atoms with van der Waals surface area (Å²) >= 11 is 0. The lowest BCUT2D eigenvalue weighted by Crippen LogP contribution is -1.98. The Morgan fingerprint density at radius 2 is 2.00 bits per heavy atom. The van der Waals surface area contributed by atoms with Gasteiger partial charge in [-0.2, -0.15) is 0 Å². The molecule has 1 unspecified atom stereocenters. The molecule has 0 saturated heterocycles. The van der Waals surface area contributed by atoms with Crippen LogP contribution in [0, 0.1) is 0 Å². The second-order valence-corrected chi connectivity index (χ2v) is 5.26. The smallest absolute Gasteiger partial charge is 0.0188 e. The van der Waals surface area contributed by atoms with Crippen LogP contribution in [0.5, 0.6) is 0 Å². The van der Waals surface area contributed by atoms with Gasteiger partial charge in [-0.15, -0.1) is 0 Å². The molecule has 0 bridgehead atoms. The van der Waals surface area contributed by atoms with Crippen molar-refractivity contribution in [2.75, 3.05) is 0 Å². The van der Waals surface area contributed by atoms with E-state index in [-0.39, 0.29) is 0 Å². The molecule has 2 rings (SSSR count). The fourth-order valence-corrected chi connectivity index (χ4v) is 2.58. The van der Waals surface area contributed by atoms with E-state index in [2.05, 4.69) is 39.0 Å². The lowest BCUT2D eigenvalue weighted by molar-refractivity contribution is 0.634. The van der Waals surface area contributed by atoms with Gasteiger partial charge >= 0.3 is 0 Å². The SMILES string of the molecule is CC(C)c1ccc2c(c1)C(C)CCCC2. The molecule has 0 aromatic heterocycles. The molecule has 1 aromatic carbocycles. The molecule has 0 heterocycles. The van der Waals surface area contributed by atoms with Crippen LogP contribution in [0.1, 0.15) is 68.6 Å². The third-order valence-corrected chi connectivity index (χ3v) is 3.70. The zero-order valence-corrected chi connectivity index (χ0v) is 10.2. The first kappa shape index (κ1) is 10.7. The predicted octanol–water partition coefficient (Wildman–Crippen LogP) is 4.64. The van der Waals surface area contributed by atoms with Gasteiger partial charge in [-0.1, -0.05) is 45.4 Å². The second kappa shape index (κ2) is 4.38. The summed E-state index contributed by atoms with van der Waals surface area (Å²) in [6.07, 6.45) is 5.43. The zero-order valence-electron chi connectivity index (χ0n) is 10.2. The molecule has 0 aliphatic heterocycles. The van der Waals surface area contributed by atoms with Crippen molar-refractivity contribution < 1.29 is 0 Å². The second-order valence-electron chi connectivity index (χ2n) is 5.26. The average molecular weight is 202 g/mol. The Labute approximate surface area is 93.7 Å². The largest absolute Gasteiger partial charge is 0.0587 e. The van der Waals surface area contributed by atoms with Gasteiger partial charge in [0, 0.05) is 0 Å². The van der Waals surface area contributed by atoms with E-state index in [1.807, 2.05) is 0 Å². The van der Waals surface area contributed by atoms with Gasteiger partial charge in [-0.3, -0.25) is 0 Å². The summed E-state index contributed by atoms with van der Waals surface area (Å²) in [5.41, 5.74) is 4.73. The fraction of sp³-hybridized carbons (Fsp3) is 0.600. The van der Waals surface area contributed by atoms with Gasteiger partial charge < -0.3 is 0 Å². The summed E-state index contributed by atoms with van der Waals surface area (Å²) in [7, 11) is 0. The van der Waals surface area contributed by atoms with Crippen molar-refractivity contribution in [2.24, 2.45) is 0 Å². The van der Waals surface area contributed by atoms with Gasteiger partial charge in [0.25, 0.3) is 0 Å². The Balaban J connectivity index is 2.39. The lowest BCUT2D eigenvalue weighted by Gasteiger charge is -2.15. The molecule has 0 radical (unpaired) electrons. The molecule has 0 spiro atoms. The van der Waals surface area contributed by atoms with Crippen LogP contribution in [-0.4, -0.2) is 0 Å². The molecule has 82 valence electrons. The topological polar surface area (TPSA) is 0 Å². The molecule has 1 aliphatic carbocycles. The van der Waals surface area contributed by atoms with E-state index in [0.717, 1.165) is 5.92 Å². The Hall–Kier alpha value is -0.780. The molecule has 1 atom stereocenters. The monoisotopic (exact) mass is 202 g/mol. The van der Waals surface area contributed by atoms with Gasteiger partial charge in [0.05, 0.1) is 0 Å². The van der Waals surface area contributed by atoms with Crippen molar-refractivity contribution in [3.8, 4) is 0 Å². The van der Waals surface area contributed by atoms with Crippen LogP contribution in [0.3, 0.4) is 0 Å². The number of aryl methyl sites for hydroxylation is 1. The van der Waals surface area contributed by atoms with Gasteiger partial charge in [-0.05, 0) is 47.8 Å². The van der Waals surface area contributed by atoms with Gasteiger partial charge in [0.2, 0.25) is 0 Å². The van der Waals surface area contributed by atoms with Crippen molar-refractivity contribution >= 4 is 0 Å². The van der Waals surface area contributed by atoms with Crippen LogP contribution < -0.4 is 0 Å².